The number of carbonyl (C=O) groups excluding carboxylic acids is 1. The van der Waals surface area contributed by atoms with Gasteiger partial charge in [-0.05, 0) is 26.0 Å². The minimum Gasteiger partial charge on any atom is -0.495 e. The van der Waals surface area contributed by atoms with Gasteiger partial charge in [0.05, 0.1) is 36.2 Å². The van der Waals surface area contributed by atoms with Crippen LogP contribution in [0.5, 0.6) is 5.75 Å². The minimum atomic E-state index is -0.254. The van der Waals surface area contributed by atoms with Crippen molar-refractivity contribution in [1.29, 1.82) is 5.26 Å². The van der Waals surface area contributed by atoms with Crippen molar-refractivity contribution in [2.24, 2.45) is 0 Å². The van der Waals surface area contributed by atoms with Gasteiger partial charge in [-0.25, -0.2) is 0 Å². The number of nitrogens with zero attached hydrogens (tertiary/aromatic N) is 3. The molecule has 2 aromatic rings. The van der Waals surface area contributed by atoms with E-state index < -0.39 is 0 Å². The zero-order valence-corrected chi connectivity index (χ0v) is 12.2. The maximum Gasteiger partial charge on any atom is 0.259 e. The van der Waals surface area contributed by atoms with Crippen LogP contribution in [0.2, 0.25) is 0 Å². The lowest BCUT2D eigenvalue weighted by Crippen LogP contribution is -2.14. The van der Waals surface area contributed by atoms with Gasteiger partial charge < -0.3 is 10.1 Å². The zero-order chi connectivity index (χ0) is 15.4. The number of nitriles is 1. The number of rotatable bonds is 4. The predicted octanol–water partition coefficient (Wildman–Crippen LogP) is 2.34. The summed E-state index contributed by atoms with van der Waals surface area (Å²) in [5, 5.41) is 15.8. The summed E-state index contributed by atoms with van der Waals surface area (Å²) in [7, 11) is 1.49. The van der Waals surface area contributed by atoms with Crippen molar-refractivity contribution >= 4 is 11.6 Å². The molecule has 0 atom stereocenters. The molecule has 0 bridgehead atoms. The lowest BCUT2D eigenvalue weighted by Gasteiger charge is -2.10. The van der Waals surface area contributed by atoms with Crippen LogP contribution < -0.4 is 10.1 Å². The fourth-order valence-electron chi connectivity index (χ4n) is 2.04. The van der Waals surface area contributed by atoms with Crippen molar-refractivity contribution in [2.75, 3.05) is 12.4 Å². The molecule has 0 aliphatic heterocycles. The Morgan fingerprint density at radius 1 is 1.52 bits per heavy atom. The summed E-state index contributed by atoms with van der Waals surface area (Å²) < 4.78 is 6.95. The summed E-state index contributed by atoms with van der Waals surface area (Å²) in [5.74, 6) is 0.193. The summed E-state index contributed by atoms with van der Waals surface area (Å²) in [4.78, 5) is 12.3. The van der Waals surface area contributed by atoms with Gasteiger partial charge in [0.1, 0.15) is 5.75 Å². The number of methoxy groups -OCH3 is 1. The lowest BCUT2D eigenvalue weighted by atomic mass is 10.2. The Hall–Kier alpha value is -2.81. The molecule has 0 radical (unpaired) electrons. The lowest BCUT2D eigenvalue weighted by molar-refractivity contribution is 0.102. The number of carbonyl (C=O) groups is 1. The van der Waals surface area contributed by atoms with Crippen LogP contribution in [0.25, 0.3) is 0 Å². The van der Waals surface area contributed by atoms with Crippen LogP contribution in [0, 0.1) is 18.3 Å². The molecular formula is C15H16N4O2. The Morgan fingerprint density at radius 2 is 2.29 bits per heavy atom. The van der Waals surface area contributed by atoms with E-state index in [0.29, 0.717) is 29.1 Å². The quantitative estimate of drug-likeness (QED) is 0.934. The highest BCUT2D eigenvalue weighted by molar-refractivity contribution is 6.05. The van der Waals surface area contributed by atoms with Gasteiger partial charge in [-0.15, -0.1) is 0 Å². The number of hydrogen-bond donors (Lipinski definition) is 1. The minimum absolute atomic E-state index is 0.254. The van der Waals surface area contributed by atoms with E-state index in [0.717, 1.165) is 5.69 Å². The molecule has 0 saturated carbocycles. The standard InChI is InChI=1S/C15H16N4O2/c1-4-19-10(2)12(9-17-19)15(20)18-13-6-5-11(8-16)7-14(13)21-3/h5-7,9H,4H2,1-3H3,(H,18,20). The average Bonchev–Trinajstić information content (AvgIpc) is 2.88. The van der Waals surface area contributed by atoms with Crippen molar-refractivity contribution in [2.45, 2.75) is 20.4 Å². The summed E-state index contributed by atoms with van der Waals surface area (Å²) in [6, 6.07) is 6.88. The number of benzene rings is 1. The van der Waals surface area contributed by atoms with Crippen LogP contribution >= 0.6 is 0 Å². The van der Waals surface area contributed by atoms with E-state index >= 15 is 0 Å². The van der Waals surface area contributed by atoms with E-state index in [1.807, 2.05) is 19.9 Å². The topological polar surface area (TPSA) is 79.9 Å². The first-order chi connectivity index (χ1) is 10.1. The molecule has 6 heteroatoms. The van der Waals surface area contributed by atoms with Gasteiger partial charge in [0.25, 0.3) is 5.91 Å². The Morgan fingerprint density at radius 3 is 2.86 bits per heavy atom. The molecule has 2 rings (SSSR count). The maximum absolute atomic E-state index is 12.3. The van der Waals surface area contributed by atoms with Gasteiger partial charge in [0.15, 0.2) is 0 Å². The molecule has 0 fully saturated rings. The third-order valence-corrected chi connectivity index (χ3v) is 3.23. The van der Waals surface area contributed by atoms with Crippen LogP contribution in [0.1, 0.15) is 28.5 Å². The van der Waals surface area contributed by atoms with Crippen LogP contribution in [-0.2, 0) is 6.54 Å². The summed E-state index contributed by atoms with van der Waals surface area (Å²) >= 11 is 0. The number of anilines is 1. The second-order valence-electron chi connectivity index (χ2n) is 4.44. The molecule has 0 saturated heterocycles. The van der Waals surface area contributed by atoms with E-state index in [-0.39, 0.29) is 5.91 Å². The molecule has 108 valence electrons. The highest BCUT2D eigenvalue weighted by Gasteiger charge is 2.15. The van der Waals surface area contributed by atoms with Gasteiger partial charge in [-0.3, -0.25) is 9.48 Å². The Labute approximate surface area is 123 Å². The number of nitrogens with one attached hydrogen (secondary N) is 1. The number of amides is 1. The first kappa shape index (κ1) is 14.6. The largest absolute Gasteiger partial charge is 0.495 e. The monoisotopic (exact) mass is 284 g/mol. The van der Waals surface area contributed by atoms with Gasteiger partial charge in [-0.1, -0.05) is 0 Å². The molecule has 1 aromatic heterocycles. The molecule has 0 aliphatic carbocycles. The van der Waals surface area contributed by atoms with Crippen LogP contribution in [0.4, 0.5) is 5.69 Å². The number of ether oxygens (including phenoxy) is 1. The van der Waals surface area contributed by atoms with Crippen LogP contribution in [-0.4, -0.2) is 22.8 Å². The maximum atomic E-state index is 12.3. The summed E-state index contributed by atoms with van der Waals surface area (Å²) in [6.07, 6.45) is 1.55. The molecule has 0 spiro atoms. The van der Waals surface area contributed by atoms with Crippen molar-refractivity contribution in [3.8, 4) is 11.8 Å². The van der Waals surface area contributed by atoms with Crippen molar-refractivity contribution < 1.29 is 9.53 Å². The second-order valence-corrected chi connectivity index (χ2v) is 4.44. The highest BCUT2D eigenvalue weighted by Crippen LogP contribution is 2.26. The third kappa shape index (κ3) is 2.87. The van der Waals surface area contributed by atoms with Crippen LogP contribution in [0.15, 0.2) is 24.4 Å². The molecule has 1 amide bonds. The van der Waals surface area contributed by atoms with E-state index in [9.17, 15) is 4.79 Å². The number of hydrogen-bond acceptors (Lipinski definition) is 4. The first-order valence-corrected chi connectivity index (χ1v) is 6.52. The van der Waals surface area contributed by atoms with E-state index in [1.165, 1.54) is 7.11 Å². The summed E-state index contributed by atoms with van der Waals surface area (Å²) in [6.45, 7) is 4.52. The number of aryl methyl sites for hydroxylation is 1. The van der Waals surface area contributed by atoms with Gasteiger partial charge >= 0.3 is 0 Å². The predicted molar refractivity (Wildman–Crippen MR) is 78.3 cm³/mol. The second kappa shape index (κ2) is 6.09. The summed E-state index contributed by atoms with van der Waals surface area (Å²) in [5.41, 5.74) is 2.32. The molecule has 0 aliphatic rings. The van der Waals surface area contributed by atoms with Gasteiger partial charge in [-0.2, -0.15) is 10.4 Å². The molecular weight excluding hydrogens is 268 g/mol. The van der Waals surface area contributed by atoms with Crippen molar-refractivity contribution in [3.05, 3.63) is 41.2 Å². The molecule has 0 unspecified atom stereocenters. The van der Waals surface area contributed by atoms with Crippen molar-refractivity contribution in [3.63, 3.8) is 0 Å². The van der Waals surface area contributed by atoms with E-state index in [4.69, 9.17) is 10.00 Å². The number of aromatic nitrogens is 2. The third-order valence-electron chi connectivity index (χ3n) is 3.23. The molecule has 1 aromatic carbocycles. The smallest absolute Gasteiger partial charge is 0.259 e. The average molecular weight is 284 g/mol. The normalized spacial score (nSPS) is 10.0. The Kier molecular flexibility index (Phi) is 4.24. The fraction of sp³-hybridized carbons (Fsp3) is 0.267. The van der Waals surface area contributed by atoms with Gasteiger partial charge in [0.2, 0.25) is 0 Å². The molecule has 1 heterocycles. The fourth-order valence-corrected chi connectivity index (χ4v) is 2.04. The molecule has 1 N–H and O–H groups in total. The zero-order valence-electron chi connectivity index (χ0n) is 12.2. The Balaban J connectivity index is 2.27. The van der Waals surface area contributed by atoms with Crippen LogP contribution in [0.3, 0.4) is 0 Å². The molecule has 21 heavy (non-hydrogen) atoms. The van der Waals surface area contributed by atoms with E-state index in [1.54, 1.807) is 29.1 Å². The highest BCUT2D eigenvalue weighted by atomic mass is 16.5. The molecule has 6 nitrogen and oxygen atoms in total. The first-order valence-electron chi connectivity index (χ1n) is 6.52. The Bertz CT molecular complexity index is 713. The van der Waals surface area contributed by atoms with Gasteiger partial charge in [0, 0.05) is 18.3 Å². The van der Waals surface area contributed by atoms with Crippen molar-refractivity contribution in [1.82, 2.24) is 9.78 Å². The van der Waals surface area contributed by atoms with E-state index in [2.05, 4.69) is 10.4 Å². The SMILES string of the molecule is CCn1ncc(C(=O)Nc2ccc(C#N)cc2OC)c1C.